The van der Waals surface area contributed by atoms with E-state index in [2.05, 4.69) is 10.0 Å². The number of hydrogen-bond donors (Lipinski definition) is 2. The van der Waals surface area contributed by atoms with Crippen LogP contribution in [-0.2, 0) is 16.6 Å². The molecule has 0 aliphatic rings. The molecule has 0 fully saturated rings. The molecule has 1 aromatic carbocycles. The van der Waals surface area contributed by atoms with Crippen LogP contribution in [0, 0.1) is 5.82 Å². The van der Waals surface area contributed by atoms with Crippen LogP contribution in [0.15, 0.2) is 35.7 Å². The maximum atomic E-state index is 13.8. The van der Waals surface area contributed by atoms with Crippen LogP contribution < -0.4 is 10.0 Å². The summed E-state index contributed by atoms with van der Waals surface area (Å²) >= 11 is 1.50. The van der Waals surface area contributed by atoms with Crippen LogP contribution in [0.2, 0.25) is 0 Å². The number of benzene rings is 1. The van der Waals surface area contributed by atoms with Crippen LogP contribution in [0.5, 0.6) is 0 Å². The summed E-state index contributed by atoms with van der Waals surface area (Å²) in [4.78, 5) is 0.896. The quantitative estimate of drug-likeness (QED) is 0.766. The molecule has 0 saturated heterocycles. The molecule has 2 aromatic rings. The second-order valence-electron chi connectivity index (χ2n) is 4.63. The van der Waals surface area contributed by atoms with Gasteiger partial charge in [0.15, 0.2) is 0 Å². The highest BCUT2D eigenvalue weighted by Crippen LogP contribution is 2.28. The normalized spacial score (nSPS) is 11.7. The summed E-state index contributed by atoms with van der Waals surface area (Å²) < 4.78 is 38.0. The Hall–Kier alpha value is -1.28. The minimum atomic E-state index is -3.15. The molecule has 1 aromatic heterocycles. The van der Waals surface area contributed by atoms with E-state index in [0.29, 0.717) is 25.2 Å². The van der Waals surface area contributed by atoms with Crippen LogP contribution in [0.1, 0.15) is 5.56 Å². The van der Waals surface area contributed by atoms with Gasteiger partial charge in [-0.15, -0.1) is 11.3 Å². The van der Waals surface area contributed by atoms with Crippen molar-refractivity contribution in [3.8, 4) is 10.4 Å². The lowest BCUT2D eigenvalue weighted by Crippen LogP contribution is -2.30. The van der Waals surface area contributed by atoms with Gasteiger partial charge < -0.3 is 5.32 Å². The van der Waals surface area contributed by atoms with E-state index in [1.807, 2.05) is 23.6 Å². The molecule has 0 saturated carbocycles. The molecular formula is C14H17FN2O2S2. The fourth-order valence-corrected chi connectivity index (χ4v) is 3.08. The van der Waals surface area contributed by atoms with Crippen molar-refractivity contribution in [1.29, 1.82) is 0 Å². The Bertz CT molecular complexity index is 685. The lowest BCUT2D eigenvalue weighted by Gasteiger charge is -2.08. The minimum absolute atomic E-state index is 0.236. The van der Waals surface area contributed by atoms with Crippen molar-refractivity contribution in [2.75, 3.05) is 19.3 Å². The van der Waals surface area contributed by atoms with E-state index >= 15 is 0 Å². The summed E-state index contributed by atoms with van der Waals surface area (Å²) in [6.07, 6.45) is 1.13. The Kier molecular flexibility index (Phi) is 5.46. The third kappa shape index (κ3) is 5.20. The maximum Gasteiger partial charge on any atom is 0.208 e. The number of halogens is 1. The number of sulfonamides is 1. The molecule has 0 atom stereocenters. The van der Waals surface area contributed by atoms with Crippen LogP contribution in [0.4, 0.5) is 4.39 Å². The number of hydrogen-bond acceptors (Lipinski definition) is 4. The molecule has 0 amide bonds. The molecule has 0 aliphatic heterocycles. The molecule has 0 aliphatic carbocycles. The average Bonchev–Trinajstić information content (AvgIpc) is 2.92. The van der Waals surface area contributed by atoms with E-state index in [0.717, 1.165) is 16.7 Å². The molecule has 2 rings (SSSR count). The Morgan fingerprint density at radius 2 is 2.05 bits per heavy atom. The van der Waals surface area contributed by atoms with E-state index < -0.39 is 10.0 Å². The van der Waals surface area contributed by atoms with Crippen LogP contribution in [0.3, 0.4) is 0 Å². The monoisotopic (exact) mass is 328 g/mol. The largest absolute Gasteiger partial charge is 0.311 e. The lowest BCUT2D eigenvalue weighted by molar-refractivity contribution is 0.581. The predicted molar refractivity (Wildman–Crippen MR) is 84.3 cm³/mol. The smallest absolute Gasteiger partial charge is 0.208 e. The first kappa shape index (κ1) is 16.1. The fraction of sp³-hybridized carbons (Fsp3) is 0.286. The van der Waals surface area contributed by atoms with Gasteiger partial charge in [-0.1, -0.05) is 12.1 Å². The van der Waals surface area contributed by atoms with Gasteiger partial charge in [0.25, 0.3) is 0 Å². The molecule has 114 valence electrons. The van der Waals surface area contributed by atoms with Gasteiger partial charge >= 0.3 is 0 Å². The van der Waals surface area contributed by atoms with Gasteiger partial charge in [0, 0.05) is 30.1 Å². The third-order valence-electron chi connectivity index (χ3n) is 2.81. The second-order valence-corrected chi connectivity index (χ2v) is 7.42. The lowest BCUT2D eigenvalue weighted by atomic mass is 10.1. The first-order chi connectivity index (χ1) is 9.96. The highest BCUT2D eigenvalue weighted by atomic mass is 32.2. The van der Waals surface area contributed by atoms with E-state index in [-0.39, 0.29) is 5.82 Å². The summed E-state index contributed by atoms with van der Waals surface area (Å²) in [7, 11) is -3.15. The second kappa shape index (κ2) is 7.13. The Labute approximate surface area is 128 Å². The predicted octanol–water partition coefficient (Wildman–Crippen LogP) is 2.19. The van der Waals surface area contributed by atoms with E-state index in [9.17, 15) is 12.8 Å². The van der Waals surface area contributed by atoms with Crippen LogP contribution in [-0.4, -0.2) is 27.8 Å². The summed E-state index contributed by atoms with van der Waals surface area (Å²) in [5.41, 5.74) is 1.55. The highest BCUT2D eigenvalue weighted by Gasteiger charge is 2.07. The minimum Gasteiger partial charge on any atom is -0.311 e. The Morgan fingerprint density at radius 1 is 1.24 bits per heavy atom. The van der Waals surface area contributed by atoms with Crippen LogP contribution in [0.25, 0.3) is 10.4 Å². The molecule has 0 spiro atoms. The standard InChI is InChI=1S/C14H17FN2O2S2/c1-21(18,19)17-7-6-16-10-11-4-5-13(15)12(9-11)14-3-2-8-20-14/h2-5,8-9,16-17H,6-7,10H2,1H3. The first-order valence-corrected chi connectivity index (χ1v) is 9.20. The molecule has 0 bridgehead atoms. The van der Waals surface area contributed by atoms with Gasteiger partial charge in [-0.05, 0) is 29.1 Å². The van der Waals surface area contributed by atoms with Crippen molar-refractivity contribution in [2.45, 2.75) is 6.54 Å². The molecule has 7 heteroatoms. The Balaban J connectivity index is 1.91. The zero-order valence-corrected chi connectivity index (χ0v) is 13.2. The SMILES string of the molecule is CS(=O)(=O)NCCNCc1ccc(F)c(-c2cccs2)c1. The zero-order chi connectivity index (χ0) is 15.3. The van der Waals surface area contributed by atoms with Crippen molar-refractivity contribution in [3.05, 3.63) is 47.1 Å². The van der Waals surface area contributed by atoms with Crippen molar-refractivity contribution in [3.63, 3.8) is 0 Å². The van der Waals surface area contributed by atoms with E-state index in [1.54, 1.807) is 6.07 Å². The molecular weight excluding hydrogens is 311 g/mol. The summed E-state index contributed by atoms with van der Waals surface area (Å²) in [5, 5.41) is 5.03. The van der Waals surface area contributed by atoms with Crippen molar-refractivity contribution >= 4 is 21.4 Å². The van der Waals surface area contributed by atoms with Gasteiger partial charge in [-0.25, -0.2) is 17.5 Å². The maximum absolute atomic E-state index is 13.8. The molecule has 21 heavy (non-hydrogen) atoms. The highest BCUT2D eigenvalue weighted by molar-refractivity contribution is 7.88. The molecule has 0 unspecified atom stereocenters. The number of nitrogens with one attached hydrogen (secondary N) is 2. The zero-order valence-electron chi connectivity index (χ0n) is 11.6. The number of thiophene rings is 1. The molecule has 2 N–H and O–H groups in total. The van der Waals surface area contributed by atoms with Gasteiger partial charge in [0.2, 0.25) is 10.0 Å². The summed E-state index contributed by atoms with van der Waals surface area (Å²) in [6, 6.07) is 8.78. The van der Waals surface area contributed by atoms with Crippen molar-refractivity contribution in [1.82, 2.24) is 10.0 Å². The summed E-state index contributed by atoms with van der Waals surface area (Å²) in [6.45, 7) is 1.40. The molecule has 1 heterocycles. The van der Waals surface area contributed by atoms with Crippen molar-refractivity contribution in [2.24, 2.45) is 0 Å². The Morgan fingerprint density at radius 3 is 2.71 bits per heavy atom. The topological polar surface area (TPSA) is 58.2 Å². The molecule has 4 nitrogen and oxygen atoms in total. The van der Waals surface area contributed by atoms with Gasteiger partial charge in [-0.2, -0.15) is 0 Å². The first-order valence-electron chi connectivity index (χ1n) is 6.43. The average molecular weight is 328 g/mol. The van der Waals surface area contributed by atoms with Gasteiger partial charge in [0.1, 0.15) is 5.82 Å². The van der Waals surface area contributed by atoms with Gasteiger partial charge in [-0.3, -0.25) is 0 Å². The van der Waals surface area contributed by atoms with Crippen molar-refractivity contribution < 1.29 is 12.8 Å². The van der Waals surface area contributed by atoms with E-state index in [4.69, 9.17) is 0 Å². The van der Waals surface area contributed by atoms with Gasteiger partial charge in [0.05, 0.1) is 6.26 Å². The molecule has 0 radical (unpaired) electrons. The van der Waals surface area contributed by atoms with E-state index in [1.165, 1.54) is 17.4 Å². The number of rotatable bonds is 7. The summed E-state index contributed by atoms with van der Waals surface area (Å²) in [5.74, 6) is -0.236. The third-order valence-corrected chi connectivity index (χ3v) is 4.44. The van der Waals surface area contributed by atoms with Crippen LogP contribution >= 0.6 is 11.3 Å². The fourth-order valence-electron chi connectivity index (χ4n) is 1.86.